The molecule has 1 aromatic heterocycles. The van der Waals surface area contributed by atoms with E-state index in [-0.39, 0.29) is 5.39 Å². The van der Waals surface area contributed by atoms with Crippen LogP contribution in [0.4, 0.5) is 8.78 Å². The molecule has 0 atom stereocenters. The smallest absolute Gasteiger partial charge is 0.212 e. The largest absolute Gasteiger partial charge is 0.360 e. The van der Waals surface area contributed by atoms with Crippen molar-refractivity contribution in [2.75, 3.05) is 0 Å². The number of hydrogen-bond acceptors (Lipinski definition) is 3. The molecule has 0 saturated heterocycles. The molecular weight excluding hydrogens is 324 g/mol. The number of rotatable bonds is 2. The van der Waals surface area contributed by atoms with Crippen molar-refractivity contribution in [3.63, 3.8) is 0 Å². The molecule has 0 spiro atoms. The van der Waals surface area contributed by atoms with Gasteiger partial charge in [0, 0.05) is 23.2 Å². The summed E-state index contributed by atoms with van der Waals surface area (Å²) in [6.07, 6.45) is 1.04. The summed E-state index contributed by atoms with van der Waals surface area (Å²) >= 11 is 0. The Labute approximate surface area is 130 Å². The normalized spacial score (nSPS) is 11.8. The Morgan fingerprint density at radius 1 is 1.00 bits per heavy atom. The first-order valence-corrected chi connectivity index (χ1v) is 8.10. The number of H-pyrrole nitrogens is 1. The van der Waals surface area contributed by atoms with Gasteiger partial charge in [-0.05, 0) is 31.2 Å². The lowest BCUT2D eigenvalue weighted by atomic mass is 10.1. The third-order valence-electron chi connectivity index (χ3n) is 3.44. The molecule has 0 saturated carbocycles. The van der Waals surface area contributed by atoms with Gasteiger partial charge in [-0.15, -0.1) is 0 Å². The summed E-state index contributed by atoms with van der Waals surface area (Å²) in [5, 5.41) is 0.197. The molecule has 118 valence electrons. The van der Waals surface area contributed by atoms with Crippen LogP contribution in [0.25, 0.3) is 10.9 Å². The minimum absolute atomic E-state index is 0.197. The number of sulfone groups is 1. The van der Waals surface area contributed by atoms with E-state index < -0.39 is 36.7 Å². The second kappa shape index (κ2) is 5.27. The predicted octanol–water partition coefficient (Wildman–Crippen LogP) is 2.95. The van der Waals surface area contributed by atoms with E-state index in [0.717, 1.165) is 11.8 Å². The van der Waals surface area contributed by atoms with Crippen LogP contribution < -0.4 is 5.43 Å². The highest BCUT2D eigenvalue weighted by Crippen LogP contribution is 2.21. The van der Waals surface area contributed by atoms with Crippen molar-refractivity contribution in [1.29, 1.82) is 0 Å². The highest BCUT2D eigenvalue weighted by Gasteiger charge is 2.24. The first-order chi connectivity index (χ1) is 10.8. The number of aryl methyl sites for hydroxylation is 1. The second-order valence-corrected chi connectivity index (χ2v) is 7.06. The lowest BCUT2D eigenvalue weighted by Crippen LogP contribution is -2.16. The van der Waals surface area contributed by atoms with Crippen LogP contribution in [0.3, 0.4) is 0 Å². The quantitative estimate of drug-likeness (QED) is 0.783. The van der Waals surface area contributed by atoms with Crippen LogP contribution in [0.2, 0.25) is 0 Å². The highest BCUT2D eigenvalue weighted by molar-refractivity contribution is 7.91. The summed E-state index contributed by atoms with van der Waals surface area (Å²) in [6.45, 7) is 1.77. The summed E-state index contributed by atoms with van der Waals surface area (Å²) < 4.78 is 51.6. The molecule has 7 heteroatoms. The van der Waals surface area contributed by atoms with Crippen LogP contribution in [-0.4, -0.2) is 13.4 Å². The van der Waals surface area contributed by atoms with Gasteiger partial charge in [0.15, 0.2) is 0 Å². The van der Waals surface area contributed by atoms with Gasteiger partial charge < -0.3 is 4.98 Å². The number of pyridine rings is 1. The van der Waals surface area contributed by atoms with E-state index in [0.29, 0.717) is 23.7 Å². The Morgan fingerprint density at radius 2 is 1.65 bits per heavy atom. The fourth-order valence-electron chi connectivity index (χ4n) is 2.32. The Kier molecular flexibility index (Phi) is 3.52. The van der Waals surface area contributed by atoms with Gasteiger partial charge in [0.2, 0.25) is 15.3 Å². The maximum Gasteiger partial charge on any atom is 0.212 e. The van der Waals surface area contributed by atoms with E-state index in [9.17, 15) is 22.0 Å². The molecule has 0 aliphatic carbocycles. The van der Waals surface area contributed by atoms with E-state index in [1.165, 1.54) is 0 Å². The molecule has 0 unspecified atom stereocenters. The fraction of sp³-hybridized carbons (Fsp3) is 0.0625. The van der Waals surface area contributed by atoms with Crippen molar-refractivity contribution in [2.45, 2.75) is 16.7 Å². The Hall–Kier alpha value is -2.54. The zero-order chi connectivity index (χ0) is 16.8. The zero-order valence-electron chi connectivity index (χ0n) is 11.9. The number of halogens is 2. The molecule has 0 amide bonds. The van der Waals surface area contributed by atoms with Gasteiger partial charge in [-0.3, -0.25) is 4.79 Å². The third kappa shape index (κ3) is 2.63. The van der Waals surface area contributed by atoms with E-state index in [1.54, 1.807) is 25.1 Å². The first-order valence-electron chi connectivity index (χ1n) is 6.62. The van der Waals surface area contributed by atoms with Gasteiger partial charge >= 0.3 is 0 Å². The lowest BCUT2D eigenvalue weighted by molar-refractivity contribution is 0.567. The summed E-state index contributed by atoms with van der Waals surface area (Å²) in [6, 6.07) is 6.90. The van der Waals surface area contributed by atoms with E-state index in [4.69, 9.17) is 0 Å². The fourth-order valence-corrected chi connectivity index (χ4v) is 3.68. The van der Waals surface area contributed by atoms with Crippen LogP contribution in [-0.2, 0) is 9.84 Å². The third-order valence-corrected chi connectivity index (χ3v) is 5.18. The van der Waals surface area contributed by atoms with Crippen molar-refractivity contribution in [3.8, 4) is 0 Å². The minimum atomic E-state index is -4.34. The van der Waals surface area contributed by atoms with Crippen molar-refractivity contribution in [2.24, 2.45) is 0 Å². The maximum atomic E-state index is 13.3. The van der Waals surface area contributed by atoms with Crippen LogP contribution in [0.5, 0.6) is 0 Å². The number of hydrogen-bond donors (Lipinski definition) is 1. The summed E-state index contributed by atoms with van der Waals surface area (Å²) in [5.74, 6) is -2.06. The topological polar surface area (TPSA) is 67.0 Å². The number of aromatic nitrogens is 1. The molecular formula is C16H11F2NO3S. The van der Waals surface area contributed by atoms with E-state index in [2.05, 4.69) is 4.98 Å². The number of aromatic amines is 1. The standard InChI is InChI=1S/C16H11F2NO3S/c1-9-2-3-14-13(4-9)16(20)15(8-19-14)23(21,22)12-6-10(17)5-11(18)7-12/h2-8H,1H3,(H,19,20). The summed E-state index contributed by atoms with van der Waals surface area (Å²) in [5.41, 5.74) is 0.548. The van der Waals surface area contributed by atoms with Crippen LogP contribution in [0.1, 0.15) is 5.56 Å². The number of fused-ring (bicyclic) bond motifs is 1. The zero-order valence-corrected chi connectivity index (χ0v) is 12.7. The molecule has 3 aromatic rings. The van der Waals surface area contributed by atoms with Gasteiger partial charge in [-0.25, -0.2) is 17.2 Å². The Morgan fingerprint density at radius 3 is 2.30 bits per heavy atom. The molecule has 0 aliphatic heterocycles. The molecule has 23 heavy (non-hydrogen) atoms. The predicted molar refractivity (Wildman–Crippen MR) is 81.1 cm³/mol. The summed E-state index contributed by atoms with van der Waals surface area (Å²) in [7, 11) is -4.34. The van der Waals surface area contributed by atoms with Crippen molar-refractivity contribution in [1.82, 2.24) is 4.98 Å². The molecule has 0 fully saturated rings. The Bertz CT molecular complexity index is 1070. The van der Waals surface area contributed by atoms with Crippen molar-refractivity contribution < 1.29 is 17.2 Å². The van der Waals surface area contributed by atoms with Gasteiger partial charge in [0.05, 0.1) is 4.90 Å². The van der Waals surface area contributed by atoms with Crippen LogP contribution in [0.15, 0.2) is 57.2 Å². The molecule has 4 nitrogen and oxygen atoms in total. The lowest BCUT2D eigenvalue weighted by Gasteiger charge is -2.06. The Balaban J connectivity index is 2.31. The van der Waals surface area contributed by atoms with Crippen molar-refractivity contribution >= 4 is 20.7 Å². The second-order valence-electron chi connectivity index (χ2n) is 5.14. The first kappa shape index (κ1) is 15.4. The molecule has 3 rings (SSSR count). The molecule has 0 bridgehead atoms. The minimum Gasteiger partial charge on any atom is -0.360 e. The van der Waals surface area contributed by atoms with Gasteiger partial charge in [-0.1, -0.05) is 11.6 Å². The van der Waals surface area contributed by atoms with Gasteiger partial charge in [-0.2, -0.15) is 0 Å². The summed E-state index contributed by atoms with van der Waals surface area (Å²) in [4.78, 5) is 14.1. The van der Waals surface area contributed by atoms with E-state index in [1.807, 2.05) is 0 Å². The molecule has 2 aromatic carbocycles. The molecule has 1 heterocycles. The SMILES string of the molecule is Cc1ccc2[nH]cc(S(=O)(=O)c3cc(F)cc(F)c3)c(=O)c2c1. The van der Waals surface area contributed by atoms with Crippen LogP contribution >= 0.6 is 0 Å². The van der Waals surface area contributed by atoms with E-state index >= 15 is 0 Å². The molecule has 0 aliphatic rings. The number of nitrogens with one attached hydrogen (secondary N) is 1. The number of benzene rings is 2. The monoisotopic (exact) mass is 335 g/mol. The highest BCUT2D eigenvalue weighted by atomic mass is 32.2. The molecule has 1 N–H and O–H groups in total. The maximum absolute atomic E-state index is 13.3. The average molecular weight is 335 g/mol. The van der Waals surface area contributed by atoms with Crippen molar-refractivity contribution in [3.05, 3.63) is 70.0 Å². The molecule has 0 radical (unpaired) electrons. The van der Waals surface area contributed by atoms with Gasteiger partial charge in [0.25, 0.3) is 0 Å². The average Bonchev–Trinajstić information content (AvgIpc) is 2.47. The van der Waals surface area contributed by atoms with Gasteiger partial charge in [0.1, 0.15) is 16.5 Å². The van der Waals surface area contributed by atoms with Crippen LogP contribution in [0, 0.1) is 18.6 Å².